The third kappa shape index (κ3) is 2.16. The first-order valence-electron chi connectivity index (χ1n) is 5.36. The van der Waals surface area contributed by atoms with Crippen LogP contribution in [-0.2, 0) is 0 Å². The Morgan fingerprint density at radius 3 is 2.69 bits per heavy atom. The Morgan fingerprint density at radius 1 is 1.38 bits per heavy atom. The fourth-order valence-electron chi connectivity index (χ4n) is 1.96. The van der Waals surface area contributed by atoms with E-state index in [0.717, 1.165) is 29.5 Å². The van der Waals surface area contributed by atoms with Gasteiger partial charge in [-0.1, -0.05) is 6.07 Å². The van der Waals surface area contributed by atoms with E-state index >= 15 is 0 Å². The van der Waals surface area contributed by atoms with Crippen LogP contribution in [0.3, 0.4) is 0 Å². The average Bonchev–Trinajstić information content (AvgIpc) is 2.81. The molecule has 0 unspecified atom stereocenters. The lowest BCUT2D eigenvalue weighted by Crippen LogP contribution is -2.28. The molecule has 16 heavy (non-hydrogen) atoms. The van der Waals surface area contributed by atoms with Crippen molar-refractivity contribution >= 4 is 28.5 Å². The van der Waals surface area contributed by atoms with Crippen LogP contribution in [0, 0.1) is 3.57 Å². The maximum Gasteiger partial charge on any atom is 0.258 e. The Kier molecular flexibility index (Phi) is 3.68. The second-order valence-electron chi connectivity index (χ2n) is 3.82. The third-order valence-electron chi connectivity index (χ3n) is 2.80. The molecule has 1 heterocycles. The number of ether oxygens (including phenoxy) is 1. The zero-order valence-electron chi connectivity index (χ0n) is 9.20. The molecule has 3 nitrogen and oxygen atoms in total. The van der Waals surface area contributed by atoms with E-state index in [2.05, 4.69) is 22.6 Å². The molecule has 1 fully saturated rings. The molecule has 86 valence electrons. The van der Waals surface area contributed by atoms with Gasteiger partial charge in [0.05, 0.1) is 12.7 Å². The molecule has 0 aliphatic carbocycles. The molecule has 0 radical (unpaired) electrons. The third-order valence-corrected chi connectivity index (χ3v) is 3.70. The predicted octanol–water partition coefficient (Wildman–Crippen LogP) is 2.54. The molecular formula is C12H14INO2. The Labute approximate surface area is 109 Å². The van der Waals surface area contributed by atoms with Crippen LogP contribution in [0.5, 0.6) is 5.75 Å². The minimum atomic E-state index is 0.0966. The summed E-state index contributed by atoms with van der Waals surface area (Å²) in [5.74, 6) is 0.767. The maximum absolute atomic E-state index is 12.3. The van der Waals surface area contributed by atoms with Gasteiger partial charge in [-0.05, 0) is 47.6 Å². The molecule has 0 saturated carbocycles. The highest BCUT2D eigenvalue weighted by molar-refractivity contribution is 14.1. The van der Waals surface area contributed by atoms with Crippen molar-refractivity contribution in [3.8, 4) is 5.75 Å². The highest BCUT2D eigenvalue weighted by Crippen LogP contribution is 2.26. The molecule has 1 aromatic carbocycles. The van der Waals surface area contributed by atoms with Crippen LogP contribution in [0.4, 0.5) is 0 Å². The SMILES string of the molecule is COc1cccc(I)c1C(=O)N1CCCC1. The Balaban J connectivity index is 2.34. The number of methoxy groups -OCH3 is 1. The monoisotopic (exact) mass is 331 g/mol. The van der Waals surface area contributed by atoms with Crippen molar-refractivity contribution in [2.24, 2.45) is 0 Å². The molecule has 2 rings (SSSR count). The van der Waals surface area contributed by atoms with Gasteiger partial charge in [0.1, 0.15) is 5.75 Å². The molecule has 0 N–H and O–H groups in total. The first kappa shape index (κ1) is 11.7. The van der Waals surface area contributed by atoms with E-state index in [1.807, 2.05) is 23.1 Å². The highest BCUT2D eigenvalue weighted by Gasteiger charge is 2.24. The summed E-state index contributed by atoms with van der Waals surface area (Å²) in [7, 11) is 1.60. The second-order valence-corrected chi connectivity index (χ2v) is 4.98. The number of hydrogen-bond acceptors (Lipinski definition) is 2. The molecule has 0 aromatic heterocycles. The van der Waals surface area contributed by atoms with Crippen molar-refractivity contribution in [1.82, 2.24) is 4.90 Å². The lowest BCUT2D eigenvalue weighted by Gasteiger charge is -2.18. The predicted molar refractivity (Wildman–Crippen MR) is 70.8 cm³/mol. The molecule has 1 saturated heterocycles. The summed E-state index contributed by atoms with van der Waals surface area (Å²) in [5, 5.41) is 0. The van der Waals surface area contributed by atoms with Gasteiger partial charge in [0.25, 0.3) is 5.91 Å². The van der Waals surface area contributed by atoms with Crippen molar-refractivity contribution in [3.63, 3.8) is 0 Å². The second kappa shape index (κ2) is 5.03. The van der Waals surface area contributed by atoms with Crippen LogP contribution >= 0.6 is 22.6 Å². The summed E-state index contributed by atoms with van der Waals surface area (Å²) in [4.78, 5) is 14.2. The highest BCUT2D eigenvalue weighted by atomic mass is 127. The van der Waals surface area contributed by atoms with Crippen molar-refractivity contribution in [2.45, 2.75) is 12.8 Å². The summed E-state index contributed by atoms with van der Waals surface area (Å²) in [6, 6.07) is 5.68. The average molecular weight is 331 g/mol. The van der Waals surface area contributed by atoms with Crippen molar-refractivity contribution in [1.29, 1.82) is 0 Å². The van der Waals surface area contributed by atoms with Crippen molar-refractivity contribution in [2.75, 3.05) is 20.2 Å². The normalized spacial score (nSPS) is 15.2. The van der Waals surface area contributed by atoms with Crippen LogP contribution < -0.4 is 4.74 Å². The number of carbonyl (C=O) groups excluding carboxylic acids is 1. The van der Waals surface area contributed by atoms with Crippen LogP contribution in [-0.4, -0.2) is 31.0 Å². The number of rotatable bonds is 2. The lowest BCUT2D eigenvalue weighted by atomic mass is 10.2. The van der Waals surface area contributed by atoms with Crippen LogP contribution in [0.25, 0.3) is 0 Å². The van der Waals surface area contributed by atoms with Crippen LogP contribution in [0.2, 0.25) is 0 Å². The van der Waals surface area contributed by atoms with Crippen molar-refractivity contribution < 1.29 is 9.53 Å². The first-order valence-corrected chi connectivity index (χ1v) is 6.43. The van der Waals surface area contributed by atoms with E-state index in [-0.39, 0.29) is 5.91 Å². The molecule has 0 spiro atoms. The molecule has 1 amide bonds. The number of halogens is 1. The number of hydrogen-bond donors (Lipinski definition) is 0. The first-order chi connectivity index (χ1) is 7.74. The van der Waals surface area contributed by atoms with Gasteiger partial charge in [-0.2, -0.15) is 0 Å². The zero-order chi connectivity index (χ0) is 11.5. The van der Waals surface area contributed by atoms with E-state index in [1.165, 1.54) is 0 Å². The Bertz CT molecular complexity index is 400. The largest absolute Gasteiger partial charge is 0.496 e. The van der Waals surface area contributed by atoms with Gasteiger partial charge >= 0.3 is 0 Å². The molecule has 0 atom stereocenters. The molecule has 1 aliphatic rings. The molecule has 0 bridgehead atoms. The molecular weight excluding hydrogens is 317 g/mol. The summed E-state index contributed by atoms with van der Waals surface area (Å²) in [6.45, 7) is 1.74. The van der Waals surface area contributed by atoms with E-state index in [9.17, 15) is 4.79 Å². The van der Waals surface area contributed by atoms with Crippen molar-refractivity contribution in [3.05, 3.63) is 27.3 Å². The number of nitrogens with zero attached hydrogens (tertiary/aromatic N) is 1. The fourth-order valence-corrected chi connectivity index (χ4v) is 2.66. The summed E-state index contributed by atoms with van der Waals surface area (Å²) < 4.78 is 6.21. The molecule has 1 aromatic rings. The van der Waals surface area contributed by atoms with Gasteiger partial charge in [-0.25, -0.2) is 0 Å². The zero-order valence-corrected chi connectivity index (χ0v) is 11.4. The Morgan fingerprint density at radius 2 is 2.06 bits per heavy atom. The topological polar surface area (TPSA) is 29.5 Å². The van der Waals surface area contributed by atoms with Gasteiger partial charge in [0, 0.05) is 16.7 Å². The van der Waals surface area contributed by atoms with Gasteiger partial charge in [-0.3, -0.25) is 4.79 Å². The van der Waals surface area contributed by atoms with Gasteiger partial charge in [-0.15, -0.1) is 0 Å². The molecule has 1 aliphatic heterocycles. The van der Waals surface area contributed by atoms with Gasteiger partial charge < -0.3 is 9.64 Å². The molecule has 4 heteroatoms. The van der Waals surface area contributed by atoms with Gasteiger partial charge in [0.2, 0.25) is 0 Å². The standard InChI is InChI=1S/C12H14INO2/c1-16-10-6-4-5-9(13)11(10)12(15)14-7-2-3-8-14/h4-6H,2-3,7-8H2,1H3. The summed E-state index contributed by atoms with van der Waals surface area (Å²) in [5.41, 5.74) is 0.701. The minimum absolute atomic E-state index is 0.0966. The van der Waals surface area contributed by atoms with Crippen LogP contribution in [0.1, 0.15) is 23.2 Å². The van der Waals surface area contributed by atoms with E-state index in [0.29, 0.717) is 11.3 Å². The minimum Gasteiger partial charge on any atom is -0.496 e. The number of benzene rings is 1. The van der Waals surface area contributed by atoms with E-state index < -0.39 is 0 Å². The smallest absolute Gasteiger partial charge is 0.258 e. The van der Waals surface area contributed by atoms with Crippen LogP contribution in [0.15, 0.2) is 18.2 Å². The fraction of sp³-hybridized carbons (Fsp3) is 0.417. The number of amides is 1. The lowest BCUT2D eigenvalue weighted by molar-refractivity contribution is 0.0788. The number of likely N-dealkylation sites (tertiary alicyclic amines) is 1. The van der Waals surface area contributed by atoms with Gasteiger partial charge in [0.15, 0.2) is 0 Å². The van der Waals surface area contributed by atoms with E-state index in [1.54, 1.807) is 7.11 Å². The van der Waals surface area contributed by atoms with E-state index in [4.69, 9.17) is 4.74 Å². The number of carbonyl (C=O) groups is 1. The quantitative estimate of drug-likeness (QED) is 0.780. The Hall–Kier alpha value is -0.780. The maximum atomic E-state index is 12.3. The summed E-state index contributed by atoms with van der Waals surface area (Å²) in [6.07, 6.45) is 2.22. The summed E-state index contributed by atoms with van der Waals surface area (Å²) >= 11 is 2.18.